The van der Waals surface area contributed by atoms with Gasteiger partial charge in [0.25, 0.3) is 17.0 Å². The summed E-state index contributed by atoms with van der Waals surface area (Å²) in [6.07, 6.45) is 1.65. The topological polar surface area (TPSA) is 115 Å². The molecule has 0 fully saturated rings. The smallest absolute Gasteiger partial charge is 0.269 e. The van der Waals surface area contributed by atoms with Crippen LogP contribution in [0.4, 0.5) is 5.82 Å². The third-order valence-corrected chi connectivity index (χ3v) is 4.77. The second-order valence-electron chi connectivity index (χ2n) is 8.25. The maximum atomic E-state index is 13.1. The van der Waals surface area contributed by atoms with Crippen molar-refractivity contribution in [2.24, 2.45) is 0 Å². The number of benzene rings is 1. The number of hydrogen-bond donors (Lipinski definition) is 2. The number of H-pyrrole nitrogens is 1. The minimum absolute atomic E-state index is 0.236. The summed E-state index contributed by atoms with van der Waals surface area (Å²) in [4.78, 5) is 41.1. The minimum Gasteiger partial charge on any atom is -0.306 e. The first-order valence-corrected chi connectivity index (χ1v) is 9.98. The fraction of sp³-hybridized carbons (Fsp3) is 0.174. The van der Waals surface area contributed by atoms with Gasteiger partial charge in [0.1, 0.15) is 5.82 Å². The molecule has 9 nitrogen and oxygen atoms in total. The Hall–Kier alpha value is -4.27. The molecule has 4 rings (SSSR count). The van der Waals surface area contributed by atoms with Gasteiger partial charge in [0.2, 0.25) is 0 Å². The molecule has 0 aliphatic carbocycles. The van der Waals surface area contributed by atoms with Gasteiger partial charge in [-0.05, 0) is 30.3 Å². The summed E-state index contributed by atoms with van der Waals surface area (Å²) in [5, 5.41) is 9.98. The summed E-state index contributed by atoms with van der Waals surface area (Å²) in [5.41, 5.74) is 0.401. The van der Waals surface area contributed by atoms with Gasteiger partial charge in [-0.2, -0.15) is 9.78 Å². The van der Waals surface area contributed by atoms with E-state index in [1.165, 1.54) is 12.1 Å². The predicted molar refractivity (Wildman–Crippen MR) is 121 cm³/mol. The van der Waals surface area contributed by atoms with Gasteiger partial charge in [-0.15, -0.1) is 0 Å². The van der Waals surface area contributed by atoms with Gasteiger partial charge in [-0.3, -0.25) is 19.5 Å². The van der Waals surface area contributed by atoms with Crippen LogP contribution in [0.3, 0.4) is 0 Å². The third-order valence-electron chi connectivity index (χ3n) is 4.77. The van der Waals surface area contributed by atoms with E-state index in [2.05, 4.69) is 20.5 Å². The molecule has 0 saturated heterocycles. The first-order valence-electron chi connectivity index (χ1n) is 9.98. The first-order chi connectivity index (χ1) is 15.2. The molecule has 162 valence electrons. The molecule has 0 spiro atoms. The van der Waals surface area contributed by atoms with Crippen molar-refractivity contribution in [2.45, 2.75) is 26.2 Å². The zero-order valence-corrected chi connectivity index (χ0v) is 17.9. The molecule has 0 saturated carbocycles. The zero-order valence-electron chi connectivity index (χ0n) is 17.9. The first kappa shape index (κ1) is 21.0. The van der Waals surface area contributed by atoms with Crippen LogP contribution in [0.25, 0.3) is 11.5 Å². The summed E-state index contributed by atoms with van der Waals surface area (Å²) in [5.74, 6) is 0.644. The Morgan fingerprint density at radius 3 is 2.53 bits per heavy atom. The van der Waals surface area contributed by atoms with Gasteiger partial charge in [0.15, 0.2) is 5.82 Å². The van der Waals surface area contributed by atoms with Crippen LogP contribution in [-0.2, 0) is 5.41 Å². The number of carbonyl (C=O) groups is 1. The van der Waals surface area contributed by atoms with Crippen LogP contribution in [0, 0.1) is 0 Å². The normalized spacial score (nSPS) is 11.3. The second-order valence-corrected chi connectivity index (χ2v) is 8.25. The summed E-state index contributed by atoms with van der Waals surface area (Å²) in [6.45, 7) is 6.10. The molecule has 9 heteroatoms. The third kappa shape index (κ3) is 4.27. The Morgan fingerprint density at radius 1 is 1.00 bits per heavy atom. The van der Waals surface area contributed by atoms with Gasteiger partial charge in [0, 0.05) is 35.4 Å². The van der Waals surface area contributed by atoms with E-state index in [0.29, 0.717) is 22.9 Å². The van der Waals surface area contributed by atoms with Crippen LogP contribution in [-0.4, -0.2) is 30.5 Å². The van der Waals surface area contributed by atoms with Crippen LogP contribution in [0.1, 0.15) is 36.8 Å². The highest BCUT2D eigenvalue weighted by Crippen LogP contribution is 2.26. The summed E-state index contributed by atoms with van der Waals surface area (Å²) in [6, 6.07) is 16.0. The number of nitrogens with one attached hydrogen (secondary N) is 2. The van der Waals surface area contributed by atoms with Crippen LogP contribution in [0.5, 0.6) is 0 Å². The van der Waals surface area contributed by atoms with Gasteiger partial charge < -0.3 is 5.32 Å². The monoisotopic (exact) mass is 430 g/mol. The molecule has 0 unspecified atom stereocenters. The number of nitrogens with zero attached hydrogens (tertiary/aromatic N) is 4. The highest BCUT2D eigenvalue weighted by atomic mass is 16.2. The number of aromatic nitrogens is 5. The average Bonchev–Trinajstić information content (AvgIpc) is 3.20. The van der Waals surface area contributed by atoms with Gasteiger partial charge in [-0.25, -0.2) is 9.67 Å². The van der Waals surface area contributed by atoms with Crippen LogP contribution in [0.2, 0.25) is 0 Å². The van der Waals surface area contributed by atoms with E-state index in [1.807, 2.05) is 32.9 Å². The number of rotatable bonds is 4. The standard InChI is InChI=1S/C23H22N6O3/c1-23(2,3)17-14-19(29(26-17)18-9-4-5-12-24-18)25-22(32)15-7-6-8-16(13-15)28-21(31)11-10-20(30)27-28/h4-14H,1-3H3,(H,25,32)(H,27,30). The van der Waals surface area contributed by atoms with Crippen molar-refractivity contribution in [3.63, 3.8) is 0 Å². The molecule has 1 aromatic carbocycles. The summed E-state index contributed by atoms with van der Waals surface area (Å²) >= 11 is 0. The van der Waals surface area contributed by atoms with Crippen molar-refractivity contribution in [1.29, 1.82) is 0 Å². The number of carbonyl (C=O) groups excluding carboxylic acids is 1. The van der Waals surface area contributed by atoms with Gasteiger partial charge >= 0.3 is 0 Å². The Bertz CT molecular complexity index is 1390. The van der Waals surface area contributed by atoms with E-state index < -0.39 is 17.0 Å². The zero-order chi connectivity index (χ0) is 22.9. The highest BCUT2D eigenvalue weighted by molar-refractivity contribution is 6.04. The van der Waals surface area contributed by atoms with Crippen LogP contribution >= 0.6 is 0 Å². The van der Waals surface area contributed by atoms with Crippen molar-refractivity contribution in [3.8, 4) is 11.5 Å². The molecule has 2 N–H and O–H groups in total. The van der Waals surface area contributed by atoms with E-state index in [9.17, 15) is 14.4 Å². The molecule has 3 heterocycles. The molecule has 32 heavy (non-hydrogen) atoms. The Morgan fingerprint density at radius 2 is 1.81 bits per heavy atom. The Labute approximate surface area is 183 Å². The second kappa shape index (κ2) is 8.10. The van der Waals surface area contributed by atoms with Crippen molar-refractivity contribution >= 4 is 11.7 Å². The molecule has 0 radical (unpaired) electrons. The predicted octanol–water partition coefficient (Wildman–Crippen LogP) is 2.66. The van der Waals surface area contributed by atoms with Crippen LogP contribution < -0.4 is 16.4 Å². The number of anilines is 1. The summed E-state index contributed by atoms with van der Waals surface area (Å²) < 4.78 is 2.68. The van der Waals surface area contributed by atoms with E-state index in [4.69, 9.17) is 0 Å². The Kier molecular flexibility index (Phi) is 5.31. The lowest BCUT2D eigenvalue weighted by Crippen LogP contribution is -2.26. The fourth-order valence-corrected chi connectivity index (χ4v) is 3.08. The summed E-state index contributed by atoms with van der Waals surface area (Å²) in [7, 11) is 0. The molecule has 0 aliphatic rings. The van der Waals surface area contributed by atoms with Gasteiger partial charge in [-0.1, -0.05) is 32.9 Å². The number of amides is 1. The lowest BCUT2D eigenvalue weighted by molar-refractivity contribution is 0.102. The number of pyridine rings is 1. The number of aromatic amines is 1. The van der Waals surface area contributed by atoms with Crippen molar-refractivity contribution < 1.29 is 4.79 Å². The molecule has 4 aromatic rings. The highest BCUT2D eigenvalue weighted by Gasteiger charge is 2.22. The molecule has 1 amide bonds. The lowest BCUT2D eigenvalue weighted by atomic mass is 9.92. The van der Waals surface area contributed by atoms with Crippen molar-refractivity contribution in [1.82, 2.24) is 24.5 Å². The molecule has 0 aliphatic heterocycles. The largest absolute Gasteiger partial charge is 0.306 e. The van der Waals surface area contributed by atoms with Gasteiger partial charge in [0.05, 0.1) is 11.4 Å². The van der Waals surface area contributed by atoms with Crippen molar-refractivity contribution in [2.75, 3.05) is 5.32 Å². The molecule has 3 aromatic heterocycles. The molecule has 0 atom stereocenters. The van der Waals surface area contributed by atoms with E-state index in [-0.39, 0.29) is 5.41 Å². The van der Waals surface area contributed by atoms with E-state index in [1.54, 1.807) is 41.2 Å². The molecule has 0 bridgehead atoms. The maximum Gasteiger partial charge on any atom is 0.269 e. The van der Waals surface area contributed by atoms with Crippen LogP contribution in [0.15, 0.2) is 76.4 Å². The quantitative estimate of drug-likeness (QED) is 0.517. The lowest BCUT2D eigenvalue weighted by Gasteiger charge is -2.13. The SMILES string of the molecule is CC(C)(C)c1cc(NC(=O)c2cccc(-n3[nH]c(=O)ccc3=O)c2)n(-c2ccccn2)n1. The molecular formula is C23H22N6O3. The fourth-order valence-electron chi connectivity index (χ4n) is 3.08. The van der Waals surface area contributed by atoms with E-state index >= 15 is 0 Å². The minimum atomic E-state index is -0.423. The van der Waals surface area contributed by atoms with Crippen molar-refractivity contribution in [3.05, 3.63) is 98.8 Å². The molecular weight excluding hydrogens is 408 g/mol. The average molecular weight is 430 g/mol. The maximum absolute atomic E-state index is 13.1. The van der Waals surface area contributed by atoms with E-state index in [0.717, 1.165) is 16.4 Å². The number of hydrogen-bond acceptors (Lipinski definition) is 5. The Balaban J connectivity index is 1.71.